The van der Waals surface area contributed by atoms with Crippen molar-refractivity contribution in [2.24, 2.45) is 0 Å². The van der Waals surface area contributed by atoms with Crippen molar-refractivity contribution in [3.8, 4) is 0 Å². The fourth-order valence-electron chi connectivity index (χ4n) is 1.49. The van der Waals surface area contributed by atoms with E-state index in [9.17, 15) is 9.59 Å². The summed E-state index contributed by atoms with van der Waals surface area (Å²) in [6.07, 6.45) is 1.66. The predicted molar refractivity (Wildman–Crippen MR) is 63.7 cm³/mol. The van der Waals surface area contributed by atoms with Crippen LogP contribution in [0.1, 0.15) is 26.5 Å². The van der Waals surface area contributed by atoms with Crippen LogP contribution in [0.5, 0.6) is 0 Å². The minimum atomic E-state index is -1.07. The Hall–Kier alpha value is -2.70. The summed E-state index contributed by atoms with van der Waals surface area (Å²) in [5, 5.41) is 15.1. The average Bonchev–Trinajstić information content (AvgIpc) is 2.92. The van der Waals surface area contributed by atoms with Crippen LogP contribution >= 0.6 is 0 Å². The lowest BCUT2D eigenvalue weighted by Gasteiger charge is -2.04. The van der Waals surface area contributed by atoms with E-state index in [0.29, 0.717) is 24.4 Å². The molecule has 0 aliphatic heterocycles. The van der Waals surface area contributed by atoms with E-state index < -0.39 is 5.97 Å². The number of carboxylic acids is 1. The van der Waals surface area contributed by atoms with Gasteiger partial charge in [0.05, 0.1) is 5.56 Å². The summed E-state index contributed by atoms with van der Waals surface area (Å²) < 4.78 is 4.56. The number of hydrogen-bond acceptors (Lipinski definition) is 5. The lowest BCUT2D eigenvalue weighted by atomic mass is 10.1. The summed E-state index contributed by atoms with van der Waals surface area (Å²) in [5.74, 6) is -0.910. The topological polar surface area (TPSA) is 105 Å². The number of benzene rings is 1. The molecule has 2 N–H and O–H groups in total. The molecule has 0 saturated heterocycles. The number of amides is 1. The summed E-state index contributed by atoms with van der Waals surface area (Å²) in [5.41, 5.74) is 0.374. The Morgan fingerprint density at radius 3 is 2.79 bits per heavy atom. The molecule has 7 nitrogen and oxygen atoms in total. The first-order valence-corrected chi connectivity index (χ1v) is 5.53. The van der Waals surface area contributed by atoms with Crippen LogP contribution in [0.15, 0.2) is 35.2 Å². The Morgan fingerprint density at radius 1 is 1.32 bits per heavy atom. The third-order valence-electron chi connectivity index (χ3n) is 2.41. The molecule has 1 aromatic carbocycles. The number of nitrogens with zero attached hydrogens (tertiary/aromatic N) is 2. The average molecular weight is 261 g/mol. The smallest absolute Gasteiger partial charge is 0.335 e. The van der Waals surface area contributed by atoms with Gasteiger partial charge in [-0.1, -0.05) is 11.2 Å². The zero-order chi connectivity index (χ0) is 13.7. The van der Waals surface area contributed by atoms with Crippen LogP contribution in [0, 0.1) is 0 Å². The van der Waals surface area contributed by atoms with Gasteiger partial charge >= 0.3 is 5.97 Å². The molecule has 1 amide bonds. The minimum Gasteiger partial charge on any atom is -0.478 e. The monoisotopic (exact) mass is 261 g/mol. The van der Waals surface area contributed by atoms with Gasteiger partial charge in [0.15, 0.2) is 5.82 Å². The number of carboxylic acid groups (broad SMARTS) is 1. The summed E-state index contributed by atoms with van der Waals surface area (Å²) in [6, 6.07) is 5.83. The molecule has 1 heterocycles. The van der Waals surface area contributed by atoms with Crippen molar-refractivity contribution >= 4 is 11.9 Å². The van der Waals surface area contributed by atoms with E-state index in [-0.39, 0.29) is 11.5 Å². The normalized spacial score (nSPS) is 10.1. The minimum absolute atomic E-state index is 0.0748. The molecule has 0 fully saturated rings. The van der Waals surface area contributed by atoms with Crippen LogP contribution < -0.4 is 5.32 Å². The molecule has 0 unspecified atom stereocenters. The molecule has 19 heavy (non-hydrogen) atoms. The highest BCUT2D eigenvalue weighted by Gasteiger charge is 2.09. The first-order chi connectivity index (χ1) is 9.16. The third kappa shape index (κ3) is 3.38. The van der Waals surface area contributed by atoms with Crippen LogP contribution in [0.4, 0.5) is 0 Å². The van der Waals surface area contributed by atoms with Crippen LogP contribution in [-0.4, -0.2) is 33.7 Å². The van der Waals surface area contributed by atoms with E-state index >= 15 is 0 Å². The molecule has 98 valence electrons. The van der Waals surface area contributed by atoms with Gasteiger partial charge < -0.3 is 14.9 Å². The zero-order valence-electron chi connectivity index (χ0n) is 9.87. The second-order valence-electron chi connectivity index (χ2n) is 3.74. The number of carbonyl (C=O) groups excluding carboxylic acids is 1. The number of rotatable bonds is 5. The lowest BCUT2D eigenvalue weighted by molar-refractivity contribution is 0.0697. The molecule has 0 atom stereocenters. The van der Waals surface area contributed by atoms with Crippen LogP contribution in [-0.2, 0) is 6.42 Å². The molecule has 0 saturated carbocycles. The Bertz CT molecular complexity index is 580. The summed E-state index contributed by atoms with van der Waals surface area (Å²) in [6.45, 7) is 0.343. The van der Waals surface area contributed by atoms with Gasteiger partial charge in [-0.2, -0.15) is 4.98 Å². The Kier molecular flexibility index (Phi) is 3.87. The largest absolute Gasteiger partial charge is 0.478 e. The quantitative estimate of drug-likeness (QED) is 0.822. The van der Waals surface area contributed by atoms with Crippen molar-refractivity contribution in [3.63, 3.8) is 0 Å². The second kappa shape index (κ2) is 5.76. The molecule has 2 aromatic rings. The van der Waals surface area contributed by atoms with Gasteiger partial charge in [0.1, 0.15) is 0 Å². The molecular formula is C12H11N3O4. The number of carbonyl (C=O) groups is 2. The van der Waals surface area contributed by atoms with E-state index in [2.05, 4.69) is 20.0 Å². The van der Waals surface area contributed by atoms with Crippen molar-refractivity contribution < 1.29 is 19.2 Å². The first-order valence-electron chi connectivity index (χ1n) is 5.53. The molecule has 1 aromatic heterocycles. The standard InChI is InChI=1S/C12H11N3O4/c16-11(13-5-4-10-14-7-19-15-10)8-2-1-3-9(6-8)12(17)18/h1-3,6-7H,4-5H2,(H,13,16)(H,17,18). The number of aromatic carboxylic acids is 1. The van der Waals surface area contributed by atoms with Gasteiger partial charge in [-0.05, 0) is 18.2 Å². The van der Waals surface area contributed by atoms with Gasteiger partial charge in [-0.3, -0.25) is 4.79 Å². The SMILES string of the molecule is O=C(O)c1cccc(C(=O)NCCc2ncon2)c1. The summed E-state index contributed by atoms with van der Waals surface area (Å²) >= 11 is 0. The molecule has 7 heteroatoms. The Labute approximate surface area is 108 Å². The van der Waals surface area contributed by atoms with E-state index in [1.165, 1.54) is 24.6 Å². The van der Waals surface area contributed by atoms with E-state index in [4.69, 9.17) is 5.11 Å². The number of aromatic nitrogens is 2. The maximum atomic E-state index is 11.8. The van der Waals surface area contributed by atoms with Gasteiger partial charge in [0, 0.05) is 18.5 Å². The van der Waals surface area contributed by atoms with Gasteiger partial charge in [-0.15, -0.1) is 0 Å². The van der Waals surface area contributed by atoms with Crippen LogP contribution in [0.25, 0.3) is 0 Å². The highest BCUT2D eigenvalue weighted by molar-refractivity contribution is 5.97. The van der Waals surface area contributed by atoms with Gasteiger partial charge in [0.2, 0.25) is 6.39 Å². The summed E-state index contributed by atoms with van der Waals surface area (Å²) in [7, 11) is 0. The fraction of sp³-hybridized carbons (Fsp3) is 0.167. The molecule has 0 aliphatic rings. The van der Waals surface area contributed by atoms with Crippen molar-refractivity contribution in [1.82, 2.24) is 15.5 Å². The van der Waals surface area contributed by atoms with E-state index in [1.807, 2.05) is 0 Å². The number of nitrogens with one attached hydrogen (secondary N) is 1. The molecule has 0 bridgehead atoms. The maximum absolute atomic E-state index is 11.8. The summed E-state index contributed by atoms with van der Waals surface area (Å²) in [4.78, 5) is 26.4. The van der Waals surface area contributed by atoms with Gasteiger partial charge in [0.25, 0.3) is 5.91 Å². The van der Waals surface area contributed by atoms with Crippen molar-refractivity contribution in [2.45, 2.75) is 6.42 Å². The third-order valence-corrected chi connectivity index (χ3v) is 2.41. The Balaban J connectivity index is 1.92. The molecule has 0 radical (unpaired) electrons. The fourth-order valence-corrected chi connectivity index (χ4v) is 1.49. The van der Waals surface area contributed by atoms with Crippen molar-refractivity contribution in [3.05, 3.63) is 47.6 Å². The van der Waals surface area contributed by atoms with E-state index in [1.54, 1.807) is 6.07 Å². The predicted octanol–water partition coefficient (Wildman–Crippen LogP) is 0.740. The van der Waals surface area contributed by atoms with Crippen molar-refractivity contribution in [1.29, 1.82) is 0 Å². The van der Waals surface area contributed by atoms with Crippen LogP contribution in [0.2, 0.25) is 0 Å². The number of hydrogen-bond donors (Lipinski definition) is 2. The lowest BCUT2D eigenvalue weighted by Crippen LogP contribution is -2.26. The molecule has 0 aliphatic carbocycles. The maximum Gasteiger partial charge on any atom is 0.335 e. The second-order valence-corrected chi connectivity index (χ2v) is 3.74. The van der Waals surface area contributed by atoms with Crippen LogP contribution in [0.3, 0.4) is 0 Å². The first kappa shape index (κ1) is 12.7. The molecule has 0 spiro atoms. The highest BCUT2D eigenvalue weighted by atomic mass is 16.5. The Morgan fingerprint density at radius 2 is 2.11 bits per heavy atom. The zero-order valence-corrected chi connectivity index (χ0v) is 9.87. The van der Waals surface area contributed by atoms with E-state index in [0.717, 1.165) is 0 Å². The van der Waals surface area contributed by atoms with Crippen molar-refractivity contribution in [2.75, 3.05) is 6.54 Å². The highest BCUT2D eigenvalue weighted by Crippen LogP contribution is 2.05. The van der Waals surface area contributed by atoms with Gasteiger partial charge in [-0.25, -0.2) is 4.79 Å². The molecular weight excluding hydrogens is 250 g/mol. The molecule has 2 rings (SSSR count).